The molecule has 0 aliphatic carbocycles. The lowest BCUT2D eigenvalue weighted by Crippen LogP contribution is -2.49. The minimum absolute atomic E-state index is 0.208. The van der Waals surface area contributed by atoms with Crippen LogP contribution in [-0.4, -0.2) is 28.7 Å². The van der Waals surface area contributed by atoms with Gasteiger partial charge in [-0.05, 0) is 0 Å². The van der Waals surface area contributed by atoms with Gasteiger partial charge in [0, 0.05) is 12.4 Å². The number of aromatic nitrogens is 2. The summed E-state index contributed by atoms with van der Waals surface area (Å²) in [6.07, 6.45) is 5.61. The number of hydrogen-bond acceptors (Lipinski definition) is 5. The van der Waals surface area contributed by atoms with Crippen LogP contribution in [0.15, 0.2) is 17.5 Å². The van der Waals surface area contributed by atoms with E-state index in [2.05, 4.69) is 20.9 Å². The first-order valence-electron chi connectivity index (χ1n) is 3.79. The monoisotopic (exact) mass is 164 g/mol. The average molecular weight is 164 g/mol. The van der Waals surface area contributed by atoms with Gasteiger partial charge in [-0.2, -0.15) is 5.10 Å². The van der Waals surface area contributed by atoms with E-state index in [4.69, 9.17) is 0 Å². The first-order chi connectivity index (χ1) is 5.95. The molecular formula is C6H8N6. The summed E-state index contributed by atoms with van der Waals surface area (Å²) in [6, 6.07) is 0. The summed E-state index contributed by atoms with van der Waals surface area (Å²) >= 11 is 0. The number of fused-ring (bicyclic) bond motifs is 3. The molecule has 12 heavy (non-hydrogen) atoms. The predicted octanol–water partition coefficient (Wildman–Crippen LogP) is -0.881. The second-order valence-corrected chi connectivity index (χ2v) is 2.76. The number of nitrogens with zero attached hydrogens (tertiary/aromatic N) is 4. The molecule has 1 aromatic heterocycles. The second kappa shape index (κ2) is 1.90. The summed E-state index contributed by atoms with van der Waals surface area (Å²) in [5.74, 6) is 0.875. The third kappa shape index (κ3) is 0.590. The maximum atomic E-state index is 4.19. The van der Waals surface area contributed by atoms with Gasteiger partial charge in [0.1, 0.15) is 12.5 Å². The Hall–Kier alpha value is -1.72. The Morgan fingerprint density at radius 1 is 1.58 bits per heavy atom. The van der Waals surface area contributed by atoms with Crippen LogP contribution in [0.1, 0.15) is 0 Å². The van der Waals surface area contributed by atoms with E-state index in [0.29, 0.717) is 0 Å². The fraction of sp³-hybridized carbons (Fsp3) is 0.333. The van der Waals surface area contributed by atoms with Gasteiger partial charge in [0.15, 0.2) is 0 Å². The van der Waals surface area contributed by atoms with Crippen LogP contribution in [0.2, 0.25) is 0 Å². The molecule has 2 aliphatic rings. The maximum absolute atomic E-state index is 4.19. The minimum atomic E-state index is 0.208. The summed E-state index contributed by atoms with van der Waals surface area (Å²) in [5, 5.41) is 3.96. The van der Waals surface area contributed by atoms with Gasteiger partial charge >= 0.3 is 0 Å². The first kappa shape index (κ1) is 5.87. The van der Waals surface area contributed by atoms with Crippen LogP contribution >= 0.6 is 0 Å². The summed E-state index contributed by atoms with van der Waals surface area (Å²) in [4.78, 5) is 6.19. The minimum Gasteiger partial charge on any atom is -0.319 e. The van der Waals surface area contributed by atoms with Crippen molar-refractivity contribution in [3.63, 3.8) is 0 Å². The summed E-state index contributed by atoms with van der Waals surface area (Å²) in [6.45, 7) is 0.823. The van der Waals surface area contributed by atoms with E-state index >= 15 is 0 Å². The lowest BCUT2D eigenvalue weighted by atomic mass is 10.4. The molecule has 2 aliphatic heterocycles. The van der Waals surface area contributed by atoms with E-state index in [1.54, 1.807) is 12.5 Å². The molecule has 6 heteroatoms. The Kier molecular flexibility index (Phi) is 0.931. The standard InChI is InChI=1S/C6H8N6/c1-2-12-6(7-1)11-4-8-10-5(11)3-9-12/h1-2,4-5,9-10H,3H2. The molecule has 0 fully saturated rings. The molecule has 3 rings (SSSR count). The topological polar surface area (TPSA) is 57.5 Å². The number of anilines is 1. The maximum Gasteiger partial charge on any atom is 0.231 e. The van der Waals surface area contributed by atoms with Crippen molar-refractivity contribution in [3.05, 3.63) is 12.4 Å². The fourth-order valence-corrected chi connectivity index (χ4v) is 1.45. The molecule has 0 amide bonds. The zero-order chi connectivity index (χ0) is 7.97. The van der Waals surface area contributed by atoms with Crippen molar-refractivity contribution in [3.8, 4) is 0 Å². The van der Waals surface area contributed by atoms with Gasteiger partial charge in [-0.3, -0.25) is 10.3 Å². The van der Waals surface area contributed by atoms with Crippen molar-refractivity contribution in [2.75, 3.05) is 16.9 Å². The zero-order valence-corrected chi connectivity index (χ0v) is 6.31. The number of hydrazone groups is 1. The predicted molar refractivity (Wildman–Crippen MR) is 44.3 cm³/mol. The van der Waals surface area contributed by atoms with E-state index < -0.39 is 0 Å². The van der Waals surface area contributed by atoms with Crippen molar-refractivity contribution in [1.82, 2.24) is 15.1 Å². The van der Waals surface area contributed by atoms with Gasteiger partial charge in [-0.15, -0.1) is 0 Å². The van der Waals surface area contributed by atoms with Gasteiger partial charge in [-0.25, -0.2) is 9.66 Å². The van der Waals surface area contributed by atoms with Gasteiger partial charge in [0.05, 0.1) is 6.54 Å². The quantitative estimate of drug-likeness (QED) is 0.522. The summed E-state index contributed by atoms with van der Waals surface area (Å²) in [5.41, 5.74) is 6.15. The largest absolute Gasteiger partial charge is 0.319 e. The molecule has 1 atom stereocenters. The van der Waals surface area contributed by atoms with Crippen molar-refractivity contribution < 1.29 is 0 Å². The lowest BCUT2D eigenvalue weighted by molar-refractivity contribution is 0.545. The highest BCUT2D eigenvalue weighted by Crippen LogP contribution is 2.16. The van der Waals surface area contributed by atoms with Crippen LogP contribution in [0.5, 0.6) is 0 Å². The van der Waals surface area contributed by atoms with Crippen LogP contribution < -0.4 is 15.8 Å². The van der Waals surface area contributed by atoms with E-state index in [-0.39, 0.29) is 6.17 Å². The van der Waals surface area contributed by atoms with Crippen molar-refractivity contribution in [2.45, 2.75) is 6.17 Å². The molecule has 0 saturated heterocycles. The van der Waals surface area contributed by atoms with E-state index in [1.165, 1.54) is 0 Å². The Morgan fingerprint density at radius 3 is 3.58 bits per heavy atom. The van der Waals surface area contributed by atoms with Gasteiger partial charge in [-0.1, -0.05) is 0 Å². The SMILES string of the molecule is C1=NNC2CNn3ccnc3N12. The smallest absolute Gasteiger partial charge is 0.231 e. The Bertz CT molecular complexity index is 329. The molecule has 6 nitrogen and oxygen atoms in total. The zero-order valence-electron chi connectivity index (χ0n) is 6.31. The molecule has 1 aromatic rings. The highest BCUT2D eigenvalue weighted by Gasteiger charge is 2.28. The molecule has 2 N–H and O–H groups in total. The van der Waals surface area contributed by atoms with Gasteiger partial charge in [0.25, 0.3) is 0 Å². The number of hydrogen-bond donors (Lipinski definition) is 2. The van der Waals surface area contributed by atoms with Gasteiger partial charge in [0.2, 0.25) is 5.95 Å². The summed E-state index contributed by atoms with van der Waals surface area (Å²) in [7, 11) is 0. The molecule has 1 unspecified atom stereocenters. The van der Waals surface area contributed by atoms with Crippen molar-refractivity contribution >= 4 is 12.3 Å². The number of nitrogens with one attached hydrogen (secondary N) is 2. The Morgan fingerprint density at radius 2 is 2.58 bits per heavy atom. The average Bonchev–Trinajstić information content (AvgIpc) is 2.71. The molecule has 0 aromatic carbocycles. The van der Waals surface area contributed by atoms with E-state index in [0.717, 1.165) is 12.5 Å². The van der Waals surface area contributed by atoms with Crippen LogP contribution in [0.25, 0.3) is 0 Å². The van der Waals surface area contributed by atoms with Crippen LogP contribution in [0, 0.1) is 0 Å². The lowest BCUT2D eigenvalue weighted by Gasteiger charge is -2.29. The molecule has 0 radical (unpaired) electrons. The molecule has 0 spiro atoms. The molecule has 62 valence electrons. The third-order valence-electron chi connectivity index (χ3n) is 2.05. The van der Waals surface area contributed by atoms with Gasteiger partial charge < -0.3 is 5.43 Å². The highest BCUT2D eigenvalue weighted by molar-refractivity contribution is 5.79. The van der Waals surface area contributed by atoms with Crippen LogP contribution in [0.3, 0.4) is 0 Å². The van der Waals surface area contributed by atoms with E-state index in [9.17, 15) is 0 Å². The highest BCUT2D eigenvalue weighted by atomic mass is 15.6. The second-order valence-electron chi connectivity index (χ2n) is 2.76. The third-order valence-corrected chi connectivity index (χ3v) is 2.05. The molecule has 0 saturated carbocycles. The molecule has 3 heterocycles. The van der Waals surface area contributed by atoms with Crippen LogP contribution in [-0.2, 0) is 0 Å². The molecule has 0 bridgehead atoms. The van der Waals surface area contributed by atoms with Crippen molar-refractivity contribution in [1.29, 1.82) is 0 Å². The first-order valence-corrected chi connectivity index (χ1v) is 3.79. The molecular weight excluding hydrogens is 156 g/mol. The number of imidazole rings is 1. The number of rotatable bonds is 0. The Labute approximate surface area is 68.8 Å². The normalized spacial score (nSPS) is 24.3. The van der Waals surface area contributed by atoms with Crippen molar-refractivity contribution in [2.24, 2.45) is 5.10 Å². The van der Waals surface area contributed by atoms with E-state index in [1.807, 2.05) is 15.8 Å². The summed E-state index contributed by atoms with van der Waals surface area (Å²) < 4.78 is 1.88. The fourth-order valence-electron chi connectivity index (χ4n) is 1.45. The Balaban J connectivity index is 2.09. The van der Waals surface area contributed by atoms with Crippen LogP contribution in [0.4, 0.5) is 5.95 Å².